The summed E-state index contributed by atoms with van der Waals surface area (Å²) in [6.45, 7) is 0. The van der Waals surface area contributed by atoms with Crippen LogP contribution in [0.15, 0.2) is 237 Å². The van der Waals surface area contributed by atoms with Gasteiger partial charge in [-0.3, -0.25) is 0 Å². The van der Waals surface area contributed by atoms with Crippen LogP contribution in [-0.2, 0) is 5.41 Å². The quantitative estimate of drug-likeness (QED) is 0.151. The Morgan fingerprint density at radius 2 is 0.778 bits per heavy atom. The zero-order valence-electron chi connectivity index (χ0n) is 34.4. The zero-order chi connectivity index (χ0) is 41.5. The molecule has 0 N–H and O–H groups in total. The second-order valence-electron chi connectivity index (χ2n) is 16.7. The predicted molar refractivity (Wildman–Crippen MR) is 269 cm³/mol. The van der Waals surface area contributed by atoms with Crippen molar-refractivity contribution in [1.29, 1.82) is 0 Å². The van der Waals surface area contributed by atoms with Gasteiger partial charge in [-0.25, -0.2) is 0 Å². The van der Waals surface area contributed by atoms with E-state index in [1.807, 2.05) is 11.3 Å². The minimum absolute atomic E-state index is 0.513. The number of fused-ring (bicyclic) bond motifs is 13. The second-order valence-corrected chi connectivity index (χ2v) is 17.8. The Kier molecular flexibility index (Phi) is 8.06. The first-order valence-corrected chi connectivity index (χ1v) is 22.6. The largest absolute Gasteiger partial charge is 0.310 e. The second kappa shape index (κ2) is 14.1. The van der Waals surface area contributed by atoms with Gasteiger partial charge in [-0.1, -0.05) is 194 Å². The predicted octanol–water partition coefficient (Wildman–Crippen LogP) is 17.0. The molecule has 0 unspecified atom stereocenters. The summed E-state index contributed by atoms with van der Waals surface area (Å²) in [6.07, 6.45) is 0. The van der Waals surface area contributed by atoms with E-state index in [0.717, 1.165) is 17.1 Å². The third-order valence-corrected chi connectivity index (χ3v) is 14.7. The van der Waals surface area contributed by atoms with Crippen molar-refractivity contribution in [3.8, 4) is 22.3 Å². The van der Waals surface area contributed by atoms with Crippen LogP contribution in [0.4, 0.5) is 17.1 Å². The first-order chi connectivity index (χ1) is 31.3. The molecule has 0 radical (unpaired) electrons. The van der Waals surface area contributed by atoms with Crippen LogP contribution in [-0.4, -0.2) is 0 Å². The van der Waals surface area contributed by atoms with Gasteiger partial charge in [0.15, 0.2) is 0 Å². The monoisotopic (exact) mass is 817 g/mol. The molecule has 0 amide bonds. The molecule has 0 spiro atoms. The van der Waals surface area contributed by atoms with E-state index in [-0.39, 0.29) is 0 Å². The van der Waals surface area contributed by atoms with Crippen LogP contribution in [0.25, 0.3) is 74.7 Å². The number of anilines is 3. The summed E-state index contributed by atoms with van der Waals surface area (Å²) in [5.74, 6) is 0. The summed E-state index contributed by atoms with van der Waals surface area (Å²) in [6, 6.07) is 87.8. The van der Waals surface area contributed by atoms with Crippen molar-refractivity contribution in [2.24, 2.45) is 0 Å². The molecule has 0 saturated carbocycles. The van der Waals surface area contributed by atoms with Crippen molar-refractivity contribution in [3.05, 3.63) is 259 Å². The van der Waals surface area contributed by atoms with Gasteiger partial charge in [0.05, 0.1) is 5.41 Å². The number of benzene rings is 11. The molecule has 0 fully saturated rings. The summed E-state index contributed by atoms with van der Waals surface area (Å²) in [5, 5.41) is 10.2. The lowest BCUT2D eigenvalue weighted by molar-refractivity contribution is 0.769. The lowest BCUT2D eigenvalue weighted by Crippen LogP contribution is -2.28. The van der Waals surface area contributed by atoms with Crippen LogP contribution in [0.1, 0.15) is 22.3 Å². The highest BCUT2D eigenvalue weighted by Gasteiger charge is 2.47. The highest BCUT2D eigenvalue weighted by Crippen LogP contribution is 2.60. The number of nitrogens with zero attached hydrogens (tertiary/aromatic N) is 1. The lowest BCUT2D eigenvalue weighted by atomic mass is 9.67. The fourth-order valence-corrected chi connectivity index (χ4v) is 12.1. The lowest BCUT2D eigenvalue weighted by Gasteiger charge is -2.34. The first-order valence-electron chi connectivity index (χ1n) is 21.8. The molecule has 63 heavy (non-hydrogen) atoms. The molecule has 0 aliphatic heterocycles. The Morgan fingerprint density at radius 1 is 0.317 bits per heavy atom. The first kappa shape index (κ1) is 35.9. The van der Waals surface area contributed by atoms with Gasteiger partial charge in [-0.2, -0.15) is 0 Å². The zero-order valence-corrected chi connectivity index (χ0v) is 35.2. The van der Waals surface area contributed by atoms with Gasteiger partial charge in [-0.05, 0) is 114 Å². The van der Waals surface area contributed by atoms with Crippen molar-refractivity contribution >= 4 is 80.9 Å². The van der Waals surface area contributed by atoms with Crippen LogP contribution in [0.5, 0.6) is 0 Å². The Hall–Kier alpha value is -7.78. The molecular weight excluding hydrogens is 779 g/mol. The standard InChI is InChI=1S/C61H39NS/c1-4-16-40(17-5-1)41-28-30-44(31-29-41)62(45-32-34-51-49-24-11-10-22-47(49)48-23-12-13-25-50(48)54(51)38-45)46-33-36-56-55(39-46)59-57(37-35-53-52-26-14-15-27-58(52)63-60(53)59)61(56,42-18-6-2-7-19-42)43-20-8-3-9-21-43/h1-39H. The van der Waals surface area contributed by atoms with Crippen LogP contribution in [0, 0.1) is 0 Å². The molecule has 13 rings (SSSR count). The summed E-state index contributed by atoms with van der Waals surface area (Å²) >= 11 is 1.92. The van der Waals surface area contributed by atoms with Crippen molar-refractivity contribution in [1.82, 2.24) is 0 Å². The highest BCUT2D eigenvalue weighted by molar-refractivity contribution is 7.26. The molecule has 0 saturated heterocycles. The molecule has 1 heterocycles. The van der Waals surface area contributed by atoms with E-state index in [9.17, 15) is 0 Å². The van der Waals surface area contributed by atoms with Gasteiger partial charge in [0.2, 0.25) is 0 Å². The molecule has 11 aromatic carbocycles. The van der Waals surface area contributed by atoms with Gasteiger partial charge in [-0.15, -0.1) is 11.3 Å². The number of rotatable bonds is 6. The average molecular weight is 818 g/mol. The summed E-state index contributed by atoms with van der Waals surface area (Å²) < 4.78 is 2.65. The van der Waals surface area contributed by atoms with E-state index in [1.165, 1.54) is 97.0 Å². The molecule has 1 nitrogen and oxygen atoms in total. The van der Waals surface area contributed by atoms with E-state index in [1.54, 1.807) is 0 Å². The minimum atomic E-state index is -0.513. The van der Waals surface area contributed by atoms with Gasteiger partial charge in [0.1, 0.15) is 0 Å². The molecule has 0 bridgehead atoms. The van der Waals surface area contributed by atoms with Crippen LogP contribution >= 0.6 is 11.3 Å². The van der Waals surface area contributed by atoms with E-state index >= 15 is 0 Å². The minimum Gasteiger partial charge on any atom is -0.310 e. The Labute approximate surface area is 370 Å². The Morgan fingerprint density at radius 3 is 1.43 bits per heavy atom. The molecule has 1 aromatic heterocycles. The van der Waals surface area contributed by atoms with Crippen molar-refractivity contribution in [3.63, 3.8) is 0 Å². The smallest absolute Gasteiger partial charge is 0.0714 e. The highest BCUT2D eigenvalue weighted by atomic mass is 32.1. The molecular formula is C61H39NS. The fourth-order valence-electron chi connectivity index (χ4n) is 10.8. The molecule has 12 aromatic rings. The van der Waals surface area contributed by atoms with Gasteiger partial charge in [0.25, 0.3) is 0 Å². The molecule has 1 aliphatic rings. The van der Waals surface area contributed by atoms with E-state index in [4.69, 9.17) is 0 Å². The Balaban J connectivity index is 1.10. The third-order valence-electron chi connectivity index (χ3n) is 13.5. The summed E-state index contributed by atoms with van der Waals surface area (Å²) in [7, 11) is 0. The van der Waals surface area contributed by atoms with Crippen LogP contribution < -0.4 is 4.90 Å². The topological polar surface area (TPSA) is 3.24 Å². The van der Waals surface area contributed by atoms with Gasteiger partial charge in [0, 0.05) is 42.8 Å². The van der Waals surface area contributed by atoms with Crippen LogP contribution in [0.3, 0.4) is 0 Å². The SMILES string of the molecule is c1ccc(-c2ccc(N(c3ccc4c(c3)-c3c(ccc5c3sc3ccccc35)C4(c3ccccc3)c3ccccc3)c3ccc4c5ccccc5c5ccccc5c4c3)cc2)cc1. The maximum atomic E-state index is 2.49. The van der Waals surface area contributed by atoms with Crippen LogP contribution in [0.2, 0.25) is 0 Å². The molecule has 294 valence electrons. The Bertz CT molecular complexity index is 3640. The van der Waals surface area contributed by atoms with Crippen molar-refractivity contribution < 1.29 is 0 Å². The normalized spacial score (nSPS) is 12.9. The summed E-state index contributed by atoms with van der Waals surface area (Å²) in [5.41, 5.74) is 13.0. The maximum absolute atomic E-state index is 2.49. The fraction of sp³-hybridized carbons (Fsp3) is 0.0164. The number of hydrogen-bond donors (Lipinski definition) is 0. The molecule has 0 atom stereocenters. The van der Waals surface area contributed by atoms with Crippen molar-refractivity contribution in [2.75, 3.05) is 4.90 Å². The maximum Gasteiger partial charge on any atom is 0.0714 e. The van der Waals surface area contributed by atoms with Crippen molar-refractivity contribution in [2.45, 2.75) is 5.41 Å². The number of thiophene rings is 1. The number of hydrogen-bond acceptors (Lipinski definition) is 2. The van der Waals surface area contributed by atoms with Gasteiger partial charge < -0.3 is 4.90 Å². The van der Waals surface area contributed by atoms with E-state index in [0.29, 0.717) is 0 Å². The van der Waals surface area contributed by atoms with E-state index in [2.05, 4.69) is 241 Å². The third kappa shape index (κ3) is 5.35. The molecule has 2 heteroatoms. The van der Waals surface area contributed by atoms with Gasteiger partial charge >= 0.3 is 0 Å². The average Bonchev–Trinajstić information content (AvgIpc) is 3.89. The molecule has 1 aliphatic carbocycles. The van der Waals surface area contributed by atoms with E-state index < -0.39 is 5.41 Å². The summed E-state index contributed by atoms with van der Waals surface area (Å²) in [4.78, 5) is 2.47.